The number of aromatic nitrogens is 1. The van der Waals surface area contributed by atoms with Crippen LogP contribution in [0.4, 0.5) is 27.2 Å². The summed E-state index contributed by atoms with van der Waals surface area (Å²) in [5.41, 5.74) is 3.43. The van der Waals surface area contributed by atoms with Gasteiger partial charge in [-0.3, -0.25) is 0 Å². The predicted octanol–water partition coefficient (Wildman–Crippen LogP) is 8.54. The van der Waals surface area contributed by atoms with Crippen molar-refractivity contribution in [2.75, 3.05) is 4.90 Å². The maximum atomic E-state index is 5.08. The zero-order valence-electron chi connectivity index (χ0n) is 24.0. The molecule has 8 heteroatoms. The van der Waals surface area contributed by atoms with Crippen LogP contribution in [0.25, 0.3) is 9.53 Å². The van der Waals surface area contributed by atoms with E-state index in [1.165, 1.54) is 46.0 Å². The lowest BCUT2D eigenvalue weighted by molar-refractivity contribution is 0.795. The molecule has 45 heavy (non-hydrogen) atoms. The first-order valence-corrected chi connectivity index (χ1v) is 15.0. The highest BCUT2D eigenvalue weighted by Gasteiger charge is 2.08. The minimum atomic E-state index is 0.544. The maximum absolute atomic E-state index is 5.08. The molecule has 0 unspecified atom stereocenters. The highest BCUT2D eigenvalue weighted by molar-refractivity contribution is 7.30. The Kier molecular flexibility index (Phi) is 12.2. The molecule has 0 aliphatic carbocycles. The fourth-order valence-corrected chi connectivity index (χ4v) is 5.22. The van der Waals surface area contributed by atoms with Crippen molar-refractivity contribution < 1.29 is 0 Å². The van der Waals surface area contributed by atoms with Crippen molar-refractivity contribution in [1.29, 1.82) is 0 Å². The molecule has 0 bridgehead atoms. The Labute approximate surface area is 271 Å². The summed E-state index contributed by atoms with van der Waals surface area (Å²) in [4.78, 5) is 6.88. The second-order valence-electron chi connectivity index (χ2n) is 8.53. The van der Waals surface area contributed by atoms with Gasteiger partial charge in [0, 0.05) is 47.6 Å². The number of aryl methyl sites for hydroxylation is 1. The number of rotatable bonds is 8. The van der Waals surface area contributed by atoms with Gasteiger partial charge in [0.15, 0.2) is 0 Å². The third-order valence-electron chi connectivity index (χ3n) is 5.42. The van der Waals surface area contributed by atoms with Gasteiger partial charge < -0.3 is 0 Å². The van der Waals surface area contributed by atoms with Crippen LogP contribution in [-0.4, -0.2) is 4.98 Å². The van der Waals surface area contributed by atoms with Crippen molar-refractivity contribution in [3.05, 3.63) is 60.2 Å². The molecule has 0 spiro atoms. The summed E-state index contributed by atoms with van der Waals surface area (Å²) in [5.74, 6) is 29.8. The molecule has 0 aliphatic rings. The van der Waals surface area contributed by atoms with Crippen LogP contribution >= 0.6 is 22.7 Å². The number of terminal acetylenes is 2. The molecule has 0 saturated heterocycles. The smallest absolute Gasteiger partial charge is 0.226 e. The van der Waals surface area contributed by atoms with Gasteiger partial charge in [0.05, 0.1) is 21.8 Å². The van der Waals surface area contributed by atoms with E-state index in [1.807, 2.05) is 18.2 Å². The van der Waals surface area contributed by atoms with Gasteiger partial charge >= 0.3 is 0 Å². The number of fused-ring (bicyclic) bond motifs is 1. The van der Waals surface area contributed by atoms with Crippen molar-refractivity contribution in [3.8, 4) is 96.0 Å². The largest absolute Gasteiger partial charge is 0.231 e. The summed E-state index contributed by atoms with van der Waals surface area (Å²) >= 11 is 2.89. The molecule has 0 aliphatic heterocycles. The highest BCUT2D eigenvalue weighted by atomic mass is 32.1. The minimum absolute atomic E-state index is 0.544. The first-order chi connectivity index (χ1) is 22.2. The van der Waals surface area contributed by atoms with Crippen LogP contribution in [0.15, 0.2) is 75.1 Å². The SMILES string of the molecule is C#CC#CC#CC#CN(C#CC#CC#CC#C)c1ccc(N=Nc2nc3sc(N=Nc4ccc(CCCC)cc4)cc3s2)cc1. The molecule has 0 atom stereocenters. The third kappa shape index (κ3) is 10.4. The van der Waals surface area contributed by atoms with Gasteiger partial charge in [0.1, 0.15) is 9.83 Å². The van der Waals surface area contributed by atoms with E-state index in [0.29, 0.717) is 16.5 Å². The number of thiazole rings is 1. The standard InChI is InChI=1S/C37H20N6S2/c1-4-7-10-12-14-16-27-43(28-17-15-13-11-8-5-2)33-25-23-32(24-26-33)40-42-37-38-36-34(44-37)29-35(45-36)41-39-31-21-19-30(20-22-31)18-9-6-3/h1-2,19-26,29H,6,9,18H2,3H3. The molecule has 4 rings (SSSR count). The molecule has 4 aromatic rings. The molecular formula is C37H20N6S2. The lowest BCUT2D eigenvalue weighted by Crippen LogP contribution is -2.07. The minimum Gasteiger partial charge on any atom is -0.226 e. The van der Waals surface area contributed by atoms with Crippen LogP contribution in [-0.2, 0) is 6.42 Å². The van der Waals surface area contributed by atoms with Gasteiger partial charge in [-0.1, -0.05) is 48.2 Å². The van der Waals surface area contributed by atoms with Gasteiger partial charge in [0.2, 0.25) is 5.13 Å². The van der Waals surface area contributed by atoms with Crippen LogP contribution in [0.3, 0.4) is 0 Å². The lowest BCUT2D eigenvalue weighted by atomic mass is 10.1. The molecule has 0 saturated carbocycles. The molecule has 2 aromatic carbocycles. The molecule has 0 amide bonds. The number of azo groups is 2. The summed E-state index contributed by atoms with van der Waals surface area (Å²) in [7, 11) is 0. The van der Waals surface area contributed by atoms with E-state index >= 15 is 0 Å². The fourth-order valence-electron chi connectivity index (χ4n) is 3.37. The second-order valence-corrected chi connectivity index (χ2v) is 10.6. The molecule has 0 radical (unpaired) electrons. The van der Waals surface area contributed by atoms with Crippen molar-refractivity contribution in [3.63, 3.8) is 0 Å². The monoisotopic (exact) mass is 612 g/mol. The summed E-state index contributed by atoms with van der Waals surface area (Å²) in [5, 5.41) is 18.7. The van der Waals surface area contributed by atoms with E-state index in [1.54, 1.807) is 24.3 Å². The van der Waals surface area contributed by atoms with Gasteiger partial charge in [-0.15, -0.1) is 33.3 Å². The number of thiophene rings is 1. The van der Waals surface area contributed by atoms with E-state index < -0.39 is 0 Å². The summed E-state index contributed by atoms with van der Waals surface area (Å²) in [6, 6.07) is 23.0. The number of unbranched alkanes of at least 4 members (excludes halogenated alkanes) is 1. The Morgan fingerprint density at radius 3 is 1.87 bits per heavy atom. The molecule has 210 valence electrons. The second kappa shape index (κ2) is 17.5. The van der Waals surface area contributed by atoms with E-state index in [-0.39, 0.29) is 0 Å². The molecule has 6 nitrogen and oxygen atoms in total. The van der Waals surface area contributed by atoms with E-state index in [9.17, 15) is 0 Å². The average molecular weight is 613 g/mol. The predicted molar refractivity (Wildman–Crippen MR) is 184 cm³/mol. The molecule has 0 fully saturated rings. The zero-order chi connectivity index (χ0) is 31.5. The third-order valence-corrected chi connectivity index (χ3v) is 7.35. The highest BCUT2D eigenvalue weighted by Crippen LogP contribution is 2.39. The van der Waals surface area contributed by atoms with Crippen molar-refractivity contribution in [1.82, 2.24) is 4.98 Å². The number of anilines is 1. The van der Waals surface area contributed by atoms with Gasteiger partial charge in [0.25, 0.3) is 0 Å². The summed E-state index contributed by atoms with van der Waals surface area (Å²) in [6.07, 6.45) is 13.6. The molecule has 2 aromatic heterocycles. The quantitative estimate of drug-likeness (QED) is 0.114. The molecule has 0 N–H and O–H groups in total. The van der Waals surface area contributed by atoms with Crippen molar-refractivity contribution in [2.45, 2.75) is 26.2 Å². The summed E-state index contributed by atoms with van der Waals surface area (Å²) < 4.78 is 0.975. The summed E-state index contributed by atoms with van der Waals surface area (Å²) in [6.45, 7) is 2.19. The van der Waals surface area contributed by atoms with E-state index in [0.717, 1.165) is 26.6 Å². The van der Waals surface area contributed by atoms with Crippen molar-refractivity contribution in [2.24, 2.45) is 20.5 Å². The van der Waals surface area contributed by atoms with Gasteiger partial charge in [-0.25, -0.2) is 9.88 Å². The van der Waals surface area contributed by atoms with Crippen LogP contribution in [0.1, 0.15) is 25.3 Å². The number of nitrogens with zero attached hydrogens (tertiary/aromatic N) is 6. The van der Waals surface area contributed by atoms with Crippen molar-refractivity contribution >= 4 is 59.4 Å². The van der Waals surface area contributed by atoms with Gasteiger partial charge in [-0.05, 0) is 96.4 Å². The van der Waals surface area contributed by atoms with E-state index in [2.05, 4.69) is 128 Å². The van der Waals surface area contributed by atoms with Gasteiger partial charge in [-0.2, -0.15) is 0 Å². The maximum Gasteiger partial charge on any atom is 0.231 e. The first-order valence-electron chi connectivity index (χ1n) is 13.3. The Bertz CT molecular complexity index is 2100. The van der Waals surface area contributed by atoms with Crippen LogP contribution in [0.2, 0.25) is 0 Å². The number of benzene rings is 2. The molecule has 2 heterocycles. The van der Waals surface area contributed by atoms with Crippen LogP contribution in [0.5, 0.6) is 0 Å². The normalized spacial score (nSPS) is 9.31. The lowest BCUT2D eigenvalue weighted by Gasteiger charge is -2.08. The Morgan fingerprint density at radius 2 is 1.27 bits per heavy atom. The Morgan fingerprint density at radius 1 is 0.689 bits per heavy atom. The first kappa shape index (κ1) is 31.4. The van der Waals surface area contributed by atoms with Crippen LogP contribution < -0.4 is 4.90 Å². The number of hydrogen-bond donors (Lipinski definition) is 0. The van der Waals surface area contributed by atoms with Crippen LogP contribution in [0, 0.1) is 96.0 Å². The topological polar surface area (TPSA) is 65.6 Å². The molecular weight excluding hydrogens is 593 g/mol. The zero-order valence-corrected chi connectivity index (χ0v) is 25.6. The Hall–Kier alpha value is -6.49. The fraction of sp³-hybridized carbons (Fsp3) is 0.108. The average Bonchev–Trinajstić information content (AvgIpc) is 3.63. The van der Waals surface area contributed by atoms with E-state index in [4.69, 9.17) is 12.8 Å². The number of hydrogen-bond acceptors (Lipinski definition) is 8. The Balaban J connectivity index is 1.43.